The van der Waals surface area contributed by atoms with Crippen LogP contribution in [0.15, 0.2) is 18.2 Å². The molecule has 112 valence electrons. The van der Waals surface area contributed by atoms with Gasteiger partial charge in [-0.05, 0) is 57.0 Å². The second-order valence-corrected chi connectivity index (χ2v) is 5.93. The van der Waals surface area contributed by atoms with E-state index in [9.17, 15) is 9.90 Å². The number of rotatable bonds is 4. The van der Waals surface area contributed by atoms with Crippen LogP contribution in [0.4, 0.5) is 0 Å². The lowest BCUT2D eigenvalue weighted by Crippen LogP contribution is -2.22. The minimum absolute atomic E-state index is 0.424. The van der Waals surface area contributed by atoms with Crippen LogP contribution in [0.2, 0.25) is 0 Å². The lowest BCUT2D eigenvalue weighted by Gasteiger charge is -2.14. The minimum Gasteiger partial charge on any atom is -0.478 e. The smallest absolute Gasteiger partial charge is 0.336 e. The van der Waals surface area contributed by atoms with Crippen molar-refractivity contribution in [2.45, 2.75) is 26.2 Å². The van der Waals surface area contributed by atoms with Crippen LogP contribution >= 0.6 is 0 Å². The summed E-state index contributed by atoms with van der Waals surface area (Å²) in [5.74, 6) is -0.839. The molecule has 3 rings (SSSR count). The van der Waals surface area contributed by atoms with E-state index in [2.05, 4.69) is 16.4 Å². The number of aryl methyl sites for hydroxylation is 1. The third-order valence-electron chi connectivity index (χ3n) is 4.75. The number of benzene rings is 1. The molecule has 0 unspecified atom stereocenters. The first-order chi connectivity index (χ1) is 10.1. The summed E-state index contributed by atoms with van der Waals surface area (Å²) in [5, 5.41) is 10.4. The minimum atomic E-state index is -0.839. The maximum Gasteiger partial charge on any atom is 0.336 e. The predicted molar refractivity (Wildman–Crippen MR) is 84.0 cm³/mol. The Balaban J connectivity index is 2.03. The zero-order valence-corrected chi connectivity index (χ0v) is 12.7. The number of carbonyl (C=O) groups is 1. The van der Waals surface area contributed by atoms with Crippen molar-refractivity contribution in [1.29, 1.82) is 0 Å². The fourth-order valence-electron chi connectivity index (χ4n) is 3.46. The highest BCUT2D eigenvalue weighted by Crippen LogP contribution is 2.29. The Bertz CT molecular complexity index is 682. The average Bonchev–Trinajstić information content (AvgIpc) is 3.06. The Morgan fingerprint density at radius 1 is 1.29 bits per heavy atom. The van der Waals surface area contributed by atoms with E-state index in [1.54, 1.807) is 6.07 Å². The molecule has 1 aliphatic rings. The Morgan fingerprint density at radius 2 is 2.00 bits per heavy atom. The van der Waals surface area contributed by atoms with Gasteiger partial charge in [0.05, 0.1) is 5.56 Å². The van der Waals surface area contributed by atoms with Gasteiger partial charge in [0.2, 0.25) is 0 Å². The van der Waals surface area contributed by atoms with Gasteiger partial charge in [0.1, 0.15) is 0 Å². The molecule has 4 nitrogen and oxygen atoms in total. The van der Waals surface area contributed by atoms with Gasteiger partial charge in [-0.2, -0.15) is 0 Å². The number of carboxylic acid groups (broad SMARTS) is 1. The topological polar surface area (TPSA) is 45.5 Å². The Hall–Kier alpha value is -1.81. The van der Waals surface area contributed by atoms with Crippen LogP contribution in [0, 0.1) is 6.92 Å². The molecule has 2 aromatic rings. The van der Waals surface area contributed by atoms with Crippen molar-refractivity contribution in [3.8, 4) is 0 Å². The molecule has 0 radical (unpaired) electrons. The molecule has 0 aliphatic carbocycles. The van der Waals surface area contributed by atoms with Gasteiger partial charge in [-0.25, -0.2) is 4.79 Å². The Labute approximate surface area is 125 Å². The molecule has 1 fully saturated rings. The highest BCUT2D eigenvalue weighted by Gasteiger charge is 2.19. The number of nitrogens with zero attached hydrogens (tertiary/aromatic N) is 2. The Morgan fingerprint density at radius 3 is 2.67 bits per heavy atom. The van der Waals surface area contributed by atoms with Gasteiger partial charge in [-0.15, -0.1) is 0 Å². The number of likely N-dealkylation sites (tertiary alicyclic amines) is 1. The van der Waals surface area contributed by atoms with Crippen LogP contribution in [0.5, 0.6) is 0 Å². The third kappa shape index (κ3) is 2.44. The van der Waals surface area contributed by atoms with E-state index in [0.29, 0.717) is 5.56 Å². The molecule has 0 amide bonds. The monoisotopic (exact) mass is 286 g/mol. The van der Waals surface area contributed by atoms with Crippen molar-refractivity contribution in [2.24, 2.45) is 7.05 Å². The summed E-state index contributed by atoms with van der Waals surface area (Å²) in [4.78, 5) is 14.0. The number of hydrogen-bond donors (Lipinski definition) is 1. The molecule has 0 saturated carbocycles. The maximum atomic E-state index is 11.5. The fourth-order valence-corrected chi connectivity index (χ4v) is 3.46. The first kappa shape index (κ1) is 14.1. The van der Waals surface area contributed by atoms with E-state index in [0.717, 1.165) is 23.9 Å². The number of aromatic carboxylic acids is 1. The SMILES string of the molecule is Cc1c(CCN2CCCC2)c2c(C(=O)O)cccc2n1C. The largest absolute Gasteiger partial charge is 0.478 e. The number of fused-ring (bicyclic) bond motifs is 1. The lowest BCUT2D eigenvalue weighted by molar-refractivity contribution is 0.0699. The molecule has 1 aromatic carbocycles. The van der Waals surface area contributed by atoms with Crippen LogP contribution in [0.1, 0.15) is 34.5 Å². The van der Waals surface area contributed by atoms with Gasteiger partial charge in [0, 0.05) is 30.2 Å². The second kappa shape index (κ2) is 5.53. The molecular weight excluding hydrogens is 264 g/mol. The summed E-state index contributed by atoms with van der Waals surface area (Å²) in [5.41, 5.74) is 3.81. The van der Waals surface area contributed by atoms with Crippen LogP contribution in [-0.2, 0) is 13.5 Å². The normalized spacial score (nSPS) is 15.9. The zero-order valence-electron chi connectivity index (χ0n) is 12.7. The molecule has 1 saturated heterocycles. The lowest BCUT2D eigenvalue weighted by atomic mass is 10.0. The molecule has 1 aromatic heterocycles. The van der Waals surface area contributed by atoms with Crippen molar-refractivity contribution >= 4 is 16.9 Å². The molecule has 0 bridgehead atoms. The van der Waals surface area contributed by atoms with Crippen molar-refractivity contribution < 1.29 is 9.90 Å². The highest BCUT2D eigenvalue weighted by molar-refractivity contribution is 6.05. The molecule has 0 atom stereocenters. The van der Waals surface area contributed by atoms with Crippen molar-refractivity contribution in [2.75, 3.05) is 19.6 Å². The van der Waals surface area contributed by atoms with Gasteiger partial charge in [-0.3, -0.25) is 0 Å². The van der Waals surface area contributed by atoms with E-state index in [4.69, 9.17) is 0 Å². The molecule has 4 heteroatoms. The zero-order chi connectivity index (χ0) is 15.0. The van der Waals surface area contributed by atoms with Crippen LogP contribution < -0.4 is 0 Å². The molecule has 2 heterocycles. The van der Waals surface area contributed by atoms with Crippen LogP contribution in [-0.4, -0.2) is 40.2 Å². The third-order valence-corrected chi connectivity index (χ3v) is 4.75. The van der Waals surface area contributed by atoms with E-state index >= 15 is 0 Å². The molecule has 0 spiro atoms. The van der Waals surface area contributed by atoms with Gasteiger partial charge < -0.3 is 14.6 Å². The summed E-state index contributed by atoms with van der Waals surface area (Å²) >= 11 is 0. The van der Waals surface area contributed by atoms with Crippen molar-refractivity contribution in [1.82, 2.24) is 9.47 Å². The molecule has 1 N–H and O–H groups in total. The quantitative estimate of drug-likeness (QED) is 0.940. The van der Waals surface area contributed by atoms with Gasteiger partial charge >= 0.3 is 5.97 Å². The van der Waals surface area contributed by atoms with Crippen molar-refractivity contribution in [3.63, 3.8) is 0 Å². The highest BCUT2D eigenvalue weighted by atomic mass is 16.4. The van der Waals surface area contributed by atoms with Gasteiger partial charge in [0.15, 0.2) is 0 Å². The van der Waals surface area contributed by atoms with Gasteiger partial charge in [-0.1, -0.05) is 6.07 Å². The molecule has 1 aliphatic heterocycles. The summed E-state index contributed by atoms with van der Waals surface area (Å²) in [6.45, 7) is 5.46. The Kier molecular flexibility index (Phi) is 3.72. The average molecular weight is 286 g/mol. The number of hydrogen-bond acceptors (Lipinski definition) is 2. The maximum absolute atomic E-state index is 11.5. The van der Waals surface area contributed by atoms with E-state index in [1.165, 1.54) is 37.2 Å². The summed E-state index contributed by atoms with van der Waals surface area (Å²) in [7, 11) is 2.02. The predicted octanol–water partition coefficient (Wildman–Crippen LogP) is 2.82. The van der Waals surface area contributed by atoms with E-state index in [1.807, 2.05) is 19.2 Å². The number of aromatic nitrogens is 1. The fraction of sp³-hybridized carbons (Fsp3) is 0.471. The van der Waals surface area contributed by atoms with Crippen LogP contribution in [0.25, 0.3) is 10.9 Å². The second-order valence-electron chi connectivity index (χ2n) is 5.93. The summed E-state index contributed by atoms with van der Waals surface area (Å²) in [6, 6.07) is 5.55. The van der Waals surface area contributed by atoms with Crippen LogP contribution in [0.3, 0.4) is 0 Å². The van der Waals surface area contributed by atoms with Gasteiger partial charge in [0.25, 0.3) is 0 Å². The summed E-state index contributed by atoms with van der Waals surface area (Å²) in [6.07, 6.45) is 3.50. The van der Waals surface area contributed by atoms with E-state index in [-0.39, 0.29) is 0 Å². The molecule has 21 heavy (non-hydrogen) atoms. The standard InChI is InChI=1S/C17H22N2O2/c1-12-13(8-11-19-9-3-4-10-19)16-14(17(20)21)6-5-7-15(16)18(12)2/h5-7H,3-4,8-11H2,1-2H3,(H,20,21). The first-order valence-electron chi connectivity index (χ1n) is 7.62. The number of carboxylic acids is 1. The first-order valence-corrected chi connectivity index (χ1v) is 7.62. The summed E-state index contributed by atoms with van der Waals surface area (Å²) < 4.78 is 2.11. The van der Waals surface area contributed by atoms with Crippen molar-refractivity contribution in [3.05, 3.63) is 35.0 Å². The van der Waals surface area contributed by atoms with E-state index < -0.39 is 5.97 Å². The molecular formula is C17H22N2O2.